The number of aromatic nitrogens is 2. The Morgan fingerprint density at radius 1 is 0.848 bits per heavy atom. The Hall–Kier alpha value is -7.80. The van der Waals surface area contributed by atoms with Crippen LogP contribution in [0.2, 0.25) is 0 Å². The van der Waals surface area contributed by atoms with Crippen molar-refractivity contribution in [3.63, 3.8) is 0 Å². The highest BCUT2D eigenvalue weighted by Crippen LogP contribution is 2.65. The van der Waals surface area contributed by atoms with Crippen molar-refractivity contribution in [3.8, 4) is 17.6 Å². The monoisotopic (exact) mass is 887 g/mol. The normalized spacial score (nSPS) is 21.8. The molecule has 15 nitrogen and oxygen atoms in total. The van der Waals surface area contributed by atoms with Crippen molar-refractivity contribution >= 4 is 46.4 Å². The van der Waals surface area contributed by atoms with E-state index in [9.17, 15) is 14.7 Å². The van der Waals surface area contributed by atoms with Crippen molar-refractivity contribution < 1.29 is 48.0 Å². The molecule has 4 heterocycles. The number of benzene rings is 5. The minimum Gasteiger partial charge on any atom is -0.491 e. The number of nitrogens with one attached hydrogen (secondary N) is 3. The van der Waals surface area contributed by atoms with E-state index in [1.54, 1.807) is 36.4 Å². The van der Waals surface area contributed by atoms with E-state index in [-0.39, 0.29) is 26.2 Å². The summed E-state index contributed by atoms with van der Waals surface area (Å²) in [6, 6.07) is 35.3. The van der Waals surface area contributed by atoms with Crippen LogP contribution in [0.25, 0.3) is 11.0 Å². The minimum atomic E-state index is -1.86. The number of amides is 2. The smallest absolute Gasteiger partial charge is 0.324 e. The topological polar surface area (TPSA) is 198 Å². The second-order valence-electron chi connectivity index (χ2n) is 16.1. The van der Waals surface area contributed by atoms with Gasteiger partial charge in [-0.1, -0.05) is 96.8 Å². The van der Waals surface area contributed by atoms with E-state index >= 15 is 14.4 Å². The fourth-order valence-electron chi connectivity index (χ4n) is 9.78. The molecule has 3 aliphatic heterocycles. The number of aliphatic hydroxyl groups is 1. The van der Waals surface area contributed by atoms with Crippen LogP contribution < -0.4 is 15.4 Å². The van der Waals surface area contributed by atoms with Gasteiger partial charge in [-0.2, -0.15) is 0 Å². The number of hydrogen-bond donors (Lipinski definition) is 4. The maximum Gasteiger partial charge on any atom is 0.324 e. The molecular formula is C51H45N5O10. The Balaban J connectivity index is 1.27. The number of carbonyl (C=O) groups excluding carboxylic acids is 5. The van der Waals surface area contributed by atoms with Crippen LogP contribution in [0.5, 0.6) is 5.75 Å². The molecule has 3 aliphatic rings. The number of aliphatic hydroxyl groups excluding tert-OH is 1. The molecule has 2 amide bonds. The third kappa shape index (κ3) is 7.69. The average molecular weight is 888 g/mol. The van der Waals surface area contributed by atoms with Crippen molar-refractivity contribution in [2.24, 2.45) is 11.8 Å². The number of rotatable bonds is 12. The van der Waals surface area contributed by atoms with E-state index < -0.39 is 71.2 Å². The molecule has 6 atom stereocenters. The number of nitrogens with zero attached hydrogens (tertiary/aromatic N) is 2. The van der Waals surface area contributed by atoms with Gasteiger partial charge in [0.25, 0.3) is 0 Å². The summed E-state index contributed by atoms with van der Waals surface area (Å²) in [4.78, 5) is 81.2. The first-order chi connectivity index (χ1) is 32.2. The van der Waals surface area contributed by atoms with E-state index in [0.29, 0.717) is 45.0 Å². The lowest BCUT2D eigenvalue weighted by atomic mass is 9.65. The van der Waals surface area contributed by atoms with Crippen LogP contribution in [-0.4, -0.2) is 83.2 Å². The Morgan fingerprint density at radius 3 is 2.26 bits per heavy atom. The fourth-order valence-corrected chi connectivity index (χ4v) is 9.78. The van der Waals surface area contributed by atoms with Gasteiger partial charge in [0, 0.05) is 17.7 Å². The molecule has 0 radical (unpaired) electrons. The third-order valence-corrected chi connectivity index (χ3v) is 12.5. The molecule has 334 valence electrons. The van der Waals surface area contributed by atoms with Crippen molar-refractivity contribution in [2.45, 2.75) is 42.6 Å². The molecule has 6 aromatic rings. The summed E-state index contributed by atoms with van der Waals surface area (Å²) in [6.45, 7) is -0.321. The first-order valence-corrected chi connectivity index (χ1v) is 21.4. The number of esters is 3. The Bertz CT molecular complexity index is 2840. The molecule has 9 rings (SSSR count). The average Bonchev–Trinajstić information content (AvgIpc) is 4.01. The van der Waals surface area contributed by atoms with Crippen molar-refractivity contribution in [3.05, 3.63) is 161 Å². The Kier molecular flexibility index (Phi) is 12.1. The maximum atomic E-state index is 15.6. The van der Waals surface area contributed by atoms with Gasteiger partial charge in [-0.25, -0.2) is 4.98 Å². The van der Waals surface area contributed by atoms with Gasteiger partial charge in [-0.3, -0.25) is 28.9 Å². The molecule has 0 bridgehead atoms. The highest BCUT2D eigenvalue weighted by Gasteiger charge is 2.74. The summed E-state index contributed by atoms with van der Waals surface area (Å²) >= 11 is 0. The molecule has 0 saturated carbocycles. The molecule has 2 fully saturated rings. The molecule has 1 aromatic heterocycles. The summed E-state index contributed by atoms with van der Waals surface area (Å²) in [6.07, 6.45) is -1.11. The van der Waals surface area contributed by atoms with Crippen LogP contribution >= 0.6 is 0 Å². The number of methoxy groups -OCH3 is 2. The number of para-hydroxylation sites is 2. The number of anilines is 1. The number of hydrogen-bond acceptors (Lipinski definition) is 12. The van der Waals surface area contributed by atoms with Crippen molar-refractivity contribution in [2.75, 3.05) is 32.8 Å². The first kappa shape index (κ1) is 43.5. The van der Waals surface area contributed by atoms with Gasteiger partial charge in [0.15, 0.2) is 5.92 Å². The highest BCUT2D eigenvalue weighted by atomic mass is 16.6. The van der Waals surface area contributed by atoms with E-state index in [1.165, 1.54) is 14.2 Å². The number of carbonyl (C=O) groups is 5. The van der Waals surface area contributed by atoms with E-state index in [0.717, 1.165) is 11.1 Å². The van der Waals surface area contributed by atoms with Crippen LogP contribution in [0.15, 0.2) is 127 Å². The van der Waals surface area contributed by atoms with Crippen LogP contribution in [0, 0.1) is 23.7 Å². The molecule has 15 heteroatoms. The molecule has 6 unspecified atom stereocenters. The van der Waals surface area contributed by atoms with Gasteiger partial charge in [0.1, 0.15) is 35.7 Å². The quantitative estimate of drug-likeness (QED) is 0.0542. The Morgan fingerprint density at radius 2 is 1.55 bits per heavy atom. The van der Waals surface area contributed by atoms with Crippen LogP contribution in [0.3, 0.4) is 0 Å². The highest BCUT2D eigenvalue weighted by molar-refractivity contribution is 6.12. The molecular weight excluding hydrogens is 843 g/mol. The van der Waals surface area contributed by atoms with Crippen LogP contribution in [0.1, 0.15) is 58.3 Å². The largest absolute Gasteiger partial charge is 0.491 e. The number of fused-ring (bicyclic) bond motifs is 4. The molecule has 66 heavy (non-hydrogen) atoms. The van der Waals surface area contributed by atoms with Gasteiger partial charge < -0.3 is 39.7 Å². The zero-order valence-corrected chi connectivity index (χ0v) is 35.9. The number of aromatic amines is 1. The molecule has 4 N–H and O–H groups in total. The fraction of sp³-hybridized carbons (Fsp3) is 0.255. The summed E-state index contributed by atoms with van der Waals surface area (Å²) in [5, 5.41) is 15.8. The van der Waals surface area contributed by atoms with E-state index in [2.05, 4.69) is 32.4 Å². The molecule has 1 spiro atoms. The number of ether oxygens (including phenoxy) is 4. The lowest BCUT2D eigenvalue weighted by Crippen LogP contribution is -2.54. The summed E-state index contributed by atoms with van der Waals surface area (Å²) in [5.41, 5.74) is 2.80. The predicted molar refractivity (Wildman–Crippen MR) is 239 cm³/mol. The molecule has 0 aliphatic carbocycles. The summed E-state index contributed by atoms with van der Waals surface area (Å²) in [5.74, 6) is 0.602. The van der Waals surface area contributed by atoms with Crippen LogP contribution in [0.4, 0.5) is 5.69 Å². The lowest BCUT2D eigenvalue weighted by Gasteiger charge is -2.46. The minimum absolute atomic E-state index is 0.00830. The van der Waals surface area contributed by atoms with Gasteiger partial charge in [-0.05, 0) is 64.7 Å². The summed E-state index contributed by atoms with van der Waals surface area (Å²) < 4.78 is 22.1. The van der Waals surface area contributed by atoms with Crippen molar-refractivity contribution in [1.29, 1.82) is 0 Å². The zero-order chi connectivity index (χ0) is 46.0. The first-order valence-electron chi connectivity index (χ1n) is 21.4. The van der Waals surface area contributed by atoms with E-state index in [4.69, 9.17) is 18.9 Å². The standard InChI is InChI=1S/C51H45N5O10/c1-63-47(59)35(48(60)64-2)20-11-13-30-23-24-37-36(27-30)51(50(62)55-37)41(46(58)52-29-40-53-38-21-9-10-22-39(38)54-40)43-49(61)66-44(32-16-7-4-8-17-32)42(31-14-5-3-6-15-31)56(43)45(51)33-18-12-19-34(28-33)65-26-25-57/h3-10,12,14-19,21-24,27-28,35,41-45,57H,20,25-26,29H2,1-2H3,(H,52,58)(H,53,54)(H,55,62). The lowest BCUT2D eigenvalue weighted by molar-refractivity contribution is -0.178. The van der Waals surface area contributed by atoms with E-state index in [1.807, 2.05) is 95.9 Å². The number of imidazole rings is 1. The zero-order valence-electron chi connectivity index (χ0n) is 35.9. The number of H-pyrrole nitrogens is 1. The van der Waals surface area contributed by atoms with Crippen molar-refractivity contribution in [1.82, 2.24) is 20.2 Å². The summed E-state index contributed by atoms with van der Waals surface area (Å²) in [7, 11) is 2.33. The second kappa shape index (κ2) is 18.4. The molecule has 2 saturated heterocycles. The van der Waals surface area contributed by atoms with Gasteiger partial charge in [-0.15, -0.1) is 0 Å². The maximum absolute atomic E-state index is 15.6. The number of cyclic esters (lactones) is 1. The van der Waals surface area contributed by atoms with Gasteiger partial charge in [0.2, 0.25) is 11.8 Å². The third-order valence-electron chi connectivity index (χ3n) is 12.5. The van der Waals surface area contributed by atoms with Crippen LogP contribution in [-0.2, 0) is 50.1 Å². The number of morpholine rings is 1. The predicted octanol–water partition coefficient (Wildman–Crippen LogP) is 5.23. The van der Waals surface area contributed by atoms with Gasteiger partial charge in [0.05, 0.1) is 56.4 Å². The van der Waals surface area contributed by atoms with Gasteiger partial charge >= 0.3 is 17.9 Å². The molecule has 5 aromatic carbocycles. The SMILES string of the molecule is COC(=O)C(CC#Cc1ccc2c(c1)C1(C(=O)N2)C(C(=O)NCc2nc3ccccc3[nH]2)C2C(=O)OC(c3ccccc3)C(c3ccccc3)N2C1c1cccc(OCCO)c1)C(=O)OC. The Labute approximate surface area is 379 Å². The second-order valence-corrected chi connectivity index (χ2v) is 16.1.